The van der Waals surface area contributed by atoms with Crippen molar-refractivity contribution < 1.29 is 14.0 Å². The predicted molar refractivity (Wildman–Crippen MR) is 80.3 cm³/mol. The molecule has 0 fully saturated rings. The summed E-state index contributed by atoms with van der Waals surface area (Å²) < 4.78 is 5.15. The summed E-state index contributed by atoms with van der Waals surface area (Å²) in [5, 5.41) is 5.22. The van der Waals surface area contributed by atoms with Gasteiger partial charge in [-0.05, 0) is 31.2 Å². The summed E-state index contributed by atoms with van der Waals surface area (Å²) in [4.78, 5) is 23.4. The minimum atomic E-state index is -0.412. The zero-order valence-electron chi connectivity index (χ0n) is 11.8. The Bertz CT molecular complexity index is 655. The standard InChI is InChI=1S/C16H16N2O3/c1-11-5-7-13(8-6-11)18-16(20)15(17-12(2)19)10-14-4-3-9-21-14/h3-10H,1-2H3,(H,17,19)(H,18,20). The number of rotatable bonds is 4. The van der Waals surface area contributed by atoms with Crippen molar-refractivity contribution in [2.75, 3.05) is 5.32 Å². The fraction of sp³-hybridized carbons (Fsp3) is 0.125. The molecule has 2 aromatic rings. The van der Waals surface area contributed by atoms with Gasteiger partial charge in [-0.2, -0.15) is 0 Å². The molecule has 0 saturated carbocycles. The summed E-state index contributed by atoms with van der Waals surface area (Å²) >= 11 is 0. The molecule has 0 radical (unpaired) electrons. The van der Waals surface area contributed by atoms with Crippen molar-refractivity contribution in [3.63, 3.8) is 0 Å². The second-order valence-electron chi connectivity index (χ2n) is 4.57. The second kappa shape index (κ2) is 6.56. The van der Waals surface area contributed by atoms with Gasteiger partial charge in [0.25, 0.3) is 5.91 Å². The van der Waals surface area contributed by atoms with Gasteiger partial charge in [-0.25, -0.2) is 0 Å². The number of carbonyl (C=O) groups is 2. The first-order valence-corrected chi connectivity index (χ1v) is 6.45. The molecular formula is C16H16N2O3. The van der Waals surface area contributed by atoms with Crippen LogP contribution >= 0.6 is 0 Å². The molecule has 1 aromatic carbocycles. The number of furan rings is 1. The minimum Gasteiger partial charge on any atom is -0.465 e. The quantitative estimate of drug-likeness (QED) is 0.848. The van der Waals surface area contributed by atoms with E-state index in [9.17, 15) is 9.59 Å². The Balaban J connectivity index is 2.18. The Hall–Kier alpha value is -2.82. The number of anilines is 1. The van der Waals surface area contributed by atoms with Crippen LogP contribution in [0.2, 0.25) is 0 Å². The van der Waals surface area contributed by atoms with E-state index in [1.807, 2.05) is 19.1 Å². The molecule has 0 bridgehead atoms. The zero-order valence-corrected chi connectivity index (χ0v) is 11.8. The van der Waals surface area contributed by atoms with Crippen molar-refractivity contribution in [3.05, 3.63) is 59.7 Å². The average molecular weight is 284 g/mol. The normalized spacial score (nSPS) is 11.0. The molecule has 5 nitrogen and oxygen atoms in total. The maximum atomic E-state index is 12.2. The molecule has 0 saturated heterocycles. The van der Waals surface area contributed by atoms with Crippen LogP contribution in [-0.2, 0) is 9.59 Å². The molecule has 0 atom stereocenters. The van der Waals surface area contributed by atoms with E-state index < -0.39 is 5.91 Å². The number of hydrogen-bond donors (Lipinski definition) is 2. The van der Waals surface area contributed by atoms with E-state index in [2.05, 4.69) is 10.6 Å². The summed E-state index contributed by atoms with van der Waals surface area (Å²) in [5.74, 6) is -0.255. The summed E-state index contributed by atoms with van der Waals surface area (Å²) in [7, 11) is 0. The molecule has 1 aromatic heterocycles. The molecule has 0 spiro atoms. The molecule has 0 aliphatic rings. The van der Waals surface area contributed by atoms with Gasteiger partial charge in [0.1, 0.15) is 11.5 Å². The highest BCUT2D eigenvalue weighted by molar-refractivity contribution is 6.08. The van der Waals surface area contributed by atoms with E-state index in [1.165, 1.54) is 19.3 Å². The monoisotopic (exact) mass is 284 g/mol. The molecule has 0 unspecified atom stereocenters. The summed E-state index contributed by atoms with van der Waals surface area (Å²) in [6.07, 6.45) is 2.97. The maximum Gasteiger partial charge on any atom is 0.272 e. The van der Waals surface area contributed by atoms with Crippen LogP contribution in [0.15, 0.2) is 52.8 Å². The van der Waals surface area contributed by atoms with Crippen LogP contribution in [0.4, 0.5) is 5.69 Å². The van der Waals surface area contributed by atoms with Crippen LogP contribution in [0.25, 0.3) is 6.08 Å². The van der Waals surface area contributed by atoms with E-state index in [1.54, 1.807) is 24.3 Å². The SMILES string of the molecule is CC(=O)NC(=Cc1ccco1)C(=O)Nc1ccc(C)cc1. The van der Waals surface area contributed by atoms with Crippen LogP contribution in [0, 0.1) is 6.92 Å². The number of amides is 2. The number of carbonyl (C=O) groups excluding carboxylic acids is 2. The Morgan fingerprint density at radius 2 is 1.86 bits per heavy atom. The molecule has 0 aliphatic carbocycles. The molecule has 1 heterocycles. The summed E-state index contributed by atoms with van der Waals surface area (Å²) in [5.41, 5.74) is 1.88. The summed E-state index contributed by atoms with van der Waals surface area (Å²) in [6, 6.07) is 10.8. The lowest BCUT2D eigenvalue weighted by atomic mass is 10.2. The molecule has 0 aliphatic heterocycles. The van der Waals surface area contributed by atoms with Crippen LogP contribution in [0.3, 0.4) is 0 Å². The van der Waals surface area contributed by atoms with Crippen molar-refractivity contribution in [1.82, 2.24) is 5.32 Å². The summed E-state index contributed by atoms with van der Waals surface area (Å²) in [6.45, 7) is 3.31. The molecule has 21 heavy (non-hydrogen) atoms. The van der Waals surface area contributed by atoms with Gasteiger partial charge in [0.05, 0.1) is 6.26 Å². The fourth-order valence-corrected chi connectivity index (χ4v) is 1.70. The molecule has 108 valence electrons. The largest absolute Gasteiger partial charge is 0.465 e. The second-order valence-corrected chi connectivity index (χ2v) is 4.57. The average Bonchev–Trinajstić information content (AvgIpc) is 2.93. The highest BCUT2D eigenvalue weighted by atomic mass is 16.3. The van der Waals surface area contributed by atoms with Crippen molar-refractivity contribution in [3.8, 4) is 0 Å². The third-order valence-corrected chi connectivity index (χ3v) is 2.69. The lowest BCUT2D eigenvalue weighted by Crippen LogP contribution is -2.28. The van der Waals surface area contributed by atoms with Crippen LogP contribution in [0.5, 0.6) is 0 Å². The Labute approximate surface area is 122 Å². The number of benzene rings is 1. The lowest BCUT2D eigenvalue weighted by molar-refractivity contribution is -0.120. The Morgan fingerprint density at radius 3 is 2.43 bits per heavy atom. The third-order valence-electron chi connectivity index (χ3n) is 2.69. The molecule has 2 N–H and O–H groups in total. The predicted octanol–water partition coefficient (Wildman–Crippen LogP) is 2.70. The van der Waals surface area contributed by atoms with Crippen molar-refractivity contribution in [1.29, 1.82) is 0 Å². The highest BCUT2D eigenvalue weighted by Crippen LogP contribution is 2.11. The smallest absolute Gasteiger partial charge is 0.272 e. The van der Waals surface area contributed by atoms with Gasteiger partial charge in [-0.15, -0.1) is 0 Å². The fourth-order valence-electron chi connectivity index (χ4n) is 1.70. The number of aryl methyl sites for hydroxylation is 1. The first-order chi connectivity index (χ1) is 10.0. The molecule has 2 rings (SSSR count). The van der Waals surface area contributed by atoms with E-state index in [-0.39, 0.29) is 11.6 Å². The van der Waals surface area contributed by atoms with Gasteiger partial charge >= 0.3 is 0 Å². The first-order valence-electron chi connectivity index (χ1n) is 6.45. The van der Waals surface area contributed by atoms with E-state index in [4.69, 9.17) is 4.42 Å². The van der Waals surface area contributed by atoms with Crippen molar-refractivity contribution in [2.24, 2.45) is 0 Å². The van der Waals surface area contributed by atoms with Crippen molar-refractivity contribution in [2.45, 2.75) is 13.8 Å². The van der Waals surface area contributed by atoms with E-state index in [0.717, 1.165) is 5.56 Å². The topological polar surface area (TPSA) is 71.3 Å². The molecular weight excluding hydrogens is 268 g/mol. The number of hydrogen-bond acceptors (Lipinski definition) is 3. The third kappa shape index (κ3) is 4.35. The molecule has 5 heteroatoms. The number of nitrogens with one attached hydrogen (secondary N) is 2. The van der Waals surface area contributed by atoms with E-state index >= 15 is 0 Å². The lowest BCUT2D eigenvalue weighted by Gasteiger charge is -2.09. The van der Waals surface area contributed by atoms with Gasteiger partial charge in [0.15, 0.2) is 0 Å². The van der Waals surface area contributed by atoms with Crippen LogP contribution < -0.4 is 10.6 Å². The Morgan fingerprint density at radius 1 is 1.14 bits per heavy atom. The van der Waals surface area contributed by atoms with Gasteiger partial charge in [-0.3, -0.25) is 9.59 Å². The minimum absolute atomic E-state index is 0.123. The van der Waals surface area contributed by atoms with Crippen LogP contribution in [-0.4, -0.2) is 11.8 Å². The van der Waals surface area contributed by atoms with Crippen molar-refractivity contribution >= 4 is 23.6 Å². The van der Waals surface area contributed by atoms with Gasteiger partial charge < -0.3 is 15.1 Å². The van der Waals surface area contributed by atoms with Crippen LogP contribution in [0.1, 0.15) is 18.2 Å². The van der Waals surface area contributed by atoms with Gasteiger partial charge in [-0.1, -0.05) is 17.7 Å². The Kier molecular flexibility index (Phi) is 4.56. The highest BCUT2D eigenvalue weighted by Gasteiger charge is 2.12. The van der Waals surface area contributed by atoms with E-state index in [0.29, 0.717) is 11.4 Å². The van der Waals surface area contributed by atoms with Gasteiger partial charge in [0, 0.05) is 18.7 Å². The zero-order chi connectivity index (χ0) is 15.2. The van der Waals surface area contributed by atoms with Gasteiger partial charge in [0.2, 0.25) is 5.91 Å². The molecule has 2 amide bonds. The first kappa shape index (κ1) is 14.6. The maximum absolute atomic E-state index is 12.2.